The Morgan fingerprint density at radius 3 is 2.50 bits per heavy atom. The number of hydrogen-bond acceptors (Lipinski definition) is 4. The highest BCUT2D eigenvalue weighted by atomic mass is 16.1. The van der Waals surface area contributed by atoms with E-state index in [9.17, 15) is 4.79 Å². The highest BCUT2D eigenvalue weighted by Crippen LogP contribution is 2.11. The Morgan fingerprint density at radius 1 is 1.50 bits per heavy atom. The summed E-state index contributed by atoms with van der Waals surface area (Å²) in [6.07, 6.45) is 0.760. The molecule has 1 rings (SSSR count). The topological polar surface area (TPSA) is 78.9 Å². The van der Waals surface area contributed by atoms with Gasteiger partial charge in [0.1, 0.15) is 12.4 Å². The Balaban J connectivity index is 2.80. The number of aldehydes is 1. The molecule has 0 aliphatic carbocycles. The van der Waals surface area contributed by atoms with E-state index in [1.54, 1.807) is 31.2 Å². The van der Waals surface area contributed by atoms with E-state index >= 15 is 0 Å². The van der Waals surface area contributed by atoms with Crippen LogP contribution in [0, 0.1) is 11.3 Å². The molecule has 1 atom stereocenters. The smallest absolute Gasteiger partial charge is 0.173 e. The van der Waals surface area contributed by atoms with Crippen molar-refractivity contribution in [3.63, 3.8) is 0 Å². The van der Waals surface area contributed by atoms with E-state index in [-0.39, 0.29) is 0 Å². The molecule has 0 bridgehead atoms. The van der Waals surface area contributed by atoms with Crippen molar-refractivity contribution >= 4 is 12.0 Å². The minimum absolute atomic E-state index is 0.589. The van der Waals surface area contributed by atoms with Gasteiger partial charge in [-0.3, -0.25) is 10.5 Å². The Kier molecular flexibility index (Phi) is 2.85. The first kappa shape index (κ1) is 10.2. The highest BCUT2D eigenvalue weighted by Gasteiger charge is 2.15. The lowest BCUT2D eigenvalue weighted by Gasteiger charge is -2.18. The molecule has 0 aliphatic heterocycles. The maximum atomic E-state index is 10.4. The molecule has 3 N–H and O–H groups in total. The molecule has 0 fully saturated rings. The average molecular weight is 189 g/mol. The van der Waals surface area contributed by atoms with Gasteiger partial charge in [0.25, 0.3) is 0 Å². The van der Waals surface area contributed by atoms with E-state index in [0.717, 1.165) is 6.29 Å². The van der Waals surface area contributed by atoms with Crippen molar-refractivity contribution in [1.29, 1.82) is 5.26 Å². The first-order chi connectivity index (χ1) is 6.57. The zero-order chi connectivity index (χ0) is 10.6. The molecule has 0 saturated heterocycles. The van der Waals surface area contributed by atoms with Crippen LogP contribution in [0.5, 0.6) is 0 Å². The predicted molar refractivity (Wildman–Crippen MR) is 53.7 cm³/mol. The molecule has 14 heavy (non-hydrogen) atoms. The van der Waals surface area contributed by atoms with Gasteiger partial charge in [-0.15, -0.1) is 0 Å². The summed E-state index contributed by atoms with van der Waals surface area (Å²) in [6, 6.07) is 8.63. The van der Waals surface area contributed by atoms with Crippen LogP contribution >= 0.6 is 0 Å². The van der Waals surface area contributed by atoms with Gasteiger partial charge in [0.15, 0.2) is 5.66 Å². The van der Waals surface area contributed by atoms with Crippen molar-refractivity contribution < 1.29 is 4.79 Å². The number of anilines is 1. The van der Waals surface area contributed by atoms with E-state index in [0.29, 0.717) is 11.3 Å². The summed E-state index contributed by atoms with van der Waals surface area (Å²) in [5.74, 6) is 0. The van der Waals surface area contributed by atoms with Gasteiger partial charge in [0.2, 0.25) is 0 Å². The predicted octanol–water partition coefficient (Wildman–Crippen LogP) is 1.11. The summed E-state index contributed by atoms with van der Waals surface area (Å²) in [5.41, 5.74) is 5.78. The number of carbonyl (C=O) groups excluding carboxylic acids is 1. The zero-order valence-corrected chi connectivity index (χ0v) is 7.82. The zero-order valence-electron chi connectivity index (χ0n) is 7.82. The van der Waals surface area contributed by atoms with Crippen LogP contribution in [0.4, 0.5) is 5.69 Å². The van der Waals surface area contributed by atoms with Crippen LogP contribution in [0.1, 0.15) is 17.3 Å². The van der Waals surface area contributed by atoms with Crippen molar-refractivity contribution in [3.05, 3.63) is 29.8 Å². The van der Waals surface area contributed by atoms with Crippen molar-refractivity contribution in [2.45, 2.75) is 12.6 Å². The third kappa shape index (κ3) is 2.57. The minimum Gasteiger partial charge on any atom is -0.356 e. The molecule has 0 amide bonds. The second-order valence-corrected chi connectivity index (χ2v) is 3.18. The van der Waals surface area contributed by atoms with Crippen molar-refractivity contribution in [2.24, 2.45) is 5.73 Å². The second-order valence-electron chi connectivity index (χ2n) is 3.18. The van der Waals surface area contributed by atoms with Crippen LogP contribution in [0.15, 0.2) is 24.3 Å². The fourth-order valence-electron chi connectivity index (χ4n) is 0.973. The van der Waals surface area contributed by atoms with Crippen LogP contribution in [0.2, 0.25) is 0 Å². The van der Waals surface area contributed by atoms with Gasteiger partial charge in [0.05, 0.1) is 0 Å². The maximum absolute atomic E-state index is 10.4. The van der Waals surface area contributed by atoms with Crippen LogP contribution < -0.4 is 11.1 Å². The Morgan fingerprint density at radius 2 is 2.07 bits per heavy atom. The monoisotopic (exact) mass is 189 g/mol. The summed E-state index contributed by atoms with van der Waals surface area (Å²) in [4.78, 5) is 10.4. The lowest BCUT2D eigenvalue weighted by atomic mass is 10.2. The quantitative estimate of drug-likeness (QED) is 0.551. The van der Waals surface area contributed by atoms with Gasteiger partial charge >= 0.3 is 0 Å². The first-order valence-electron chi connectivity index (χ1n) is 4.11. The fraction of sp³-hybridized carbons (Fsp3) is 0.200. The minimum atomic E-state index is -1.09. The third-order valence-electron chi connectivity index (χ3n) is 1.68. The molecule has 0 radical (unpaired) electrons. The van der Waals surface area contributed by atoms with Crippen molar-refractivity contribution in [1.82, 2.24) is 0 Å². The fourth-order valence-corrected chi connectivity index (χ4v) is 0.973. The summed E-state index contributed by atoms with van der Waals surface area (Å²) in [6.45, 7) is 1.57. The number of nitriles is 1. The second kappa shape index (κ2) is 3.90. The number of benzene rings is 1. The first-order valence-corrected chi connectivity index (χ1v) is 4.11. The highest BCUT2D eigenvalue weighted by molar-refractivity contribution is 5.75. The standard InChI is InChI=1S/C10H11N3O/c1-10(12,7-11)13-9-4-2-8(6-14)3-5-9/h2-6,13H,12H2,1H3/t10-/m0/s1. The number of hydrogen-bond donors (Lipinski definition) is 2. The molecular weight excluding hydrogens is 178 g/mol. The average Bonchev–Trinajstić information content (AvgIpc) is 2.19. The largest absolute Gasteiger partial charge is 0.356 e. The number of nitrogens with one attached hydrogen (secondary N) is 1. The van der Waals surface area contributed by atoms with E-state index < -0.39 is 5.66 Å². The van der Waals surface area contributed by atoms with E-state index in [2.05, 4.69) is 5.32 Å². The Bertz CT molecular complexity index is 362. The molecule has 0 saturated carbocycles. The Hall–Kier alpha value is -1.86. The molecule has 1 aromatic rings. The van der Waals surface area contributed by atoms with Crippen molar-refractivity contribution in [3.8, 4) is 6.07 Å². The van der Waals surface area contributed by atoms with Gasteiger partial charge in [0, 0.05) is 11.3 Å². The normalized spacial score (nSPS) is 13.8. The number of nitrogens with two attached hydrogens (primary N) is 1. The van der Waals surface area contributed by atoms with E-state index in [1.807, 2.05) is 6.07 Å². The van der Waals surface area contributed by atoms with E-state index in [1.165, 1.54) is 0 Å². The van der Waals surface area contributed by atoms with Gasteiger partial charge in [-0.05, 0) is 31.2 Å². The van der Waals surface area contributed by atoms with Crippen LogP contribution in [-0.4, -0.2) is 11.9 Å². The SMILES string of the molecule is C[C@@](N)(C#N)Nc1ccc(C=O)cc1. The molecule has 0 unspecified atom stereocenters. The molecule has 0 aliphatic rings. The van der Waals surface area contributed by atoms with Gasteiger partial charge in [-0.1, -0.05) is 0 Å². The molecule has 72 valence electrons. The van der Waals surface area contributed by atoms with Gasteiger partial charge < -0.3 is 5.32 Å². The lowest BCUT2D eigenvalue weighted by molar-refractivity contribution is 0.112. The summed E-state index contributed by atoms with van der Waals surface area (Å²) in [5, 5.41) is 11.5. The van der Waals surface area contributed by atoms with Gasteiger partial charge in [-0.25, -0.2) is 0 Å². The number of carbonyl (C=O) groups is 1. The molecule has 4 heteroatoms. The maximum Gasteiger partial charge on any atom is 0.173 e. The molecular formula is C10H11N3O. The molecule has 0 heterocycles. The summed E-state index contributed by atoms with van der Waals surface area (Å²) < 4.78 is 0. The number of nitrogens with zero attached hydrogens (tertiary/aromatic N) is 1. The third-order valence-corrected chi connectivity index (χ3v) is 1.68. The molecule has 0 spiro atoms. The van der Waals surface area contributed by atoms with Crippen molar-refractivity contribution in [2.75, 3.05) is 5.32 Å². The number of rotatable bonds is 3. The van der Waals surface area contributed by atoms with Crippen LogP contribution in [0.25, 0.3) is 0 Å². The lowest BCUT2D eigenvalue weighted by Crippen LogP contribution is -2.42. The summed E-state index contributed by atoms with van der Waals surface area (Å²) in [7, 11) is 0. The van der Waals surface area contributed by atoms with Crippen LogP contribution in [-0.2, 0) is 0 Å². The van der Waals surface area contributed by atoms with Crippen LogP contribution in [0.3, 0.4) is 0 Å². The van der Waals surface area contributed by atoms with E-state index in [4.69, 9.17) is 11.0 Å². The molecule has 4 nitrogen and oxygen atoms in total. The molecule has 1 aromatic carbocycles. The molecule has 0 aromatic heterocycles. The van der Waals surface area contributed by atoms with Gasteiger partial charge in [-0.2, -0.15) is 5.26 Å². The summed E-state index contributed by atoms with van der Waals surface area (Å²) >= 11 is 0. The Labute approximate surface area is 82.3 Å².